The van der Waals surface area contributed by atoms with Crippen molar-refractivity contribution in [1.29, 1.82) is 0 Å². The fourth-order valence-electron chi connectivity index (χ4n) is 2.26. The zero-order valence-electron chi connectivity index (χ0n) is 12.0. The first-order valence-corrected chi connectivity index (χ1v) is 8.94. The Labute approximate surface area is 131 Å². The van der Waals surface area contributed by atoms with Crippen molar-refractivity contribution < 1.29 is 8.42 Å². The number of aromatic amines is 2. The third kappa shape index (κ3) is 2.72. The van der Waals surface area contributed by atoms with Gasteiger partial charge in [-0.1, -0.05) is 6.07 Å². The number of benzene rings is 1. The molecule has 6 nitrogen and oxygen atoms in total. The molecule has 0 bridgehead atoms. The van der Waals surface area contributed by atoms with Crippen molar-refractivity contribution in [2.45, 2.75) is 24.3 Å². The Morgan fingerprint density at radius 1 is 1.14 bits per heavy atom. The smallest absolute Gasteiger partial charge is 0.306 e. The first kappa shape index (κ1) is 15.0. The van der Waals surface area contributed by atoms with Crippen LogP contribution in [0, 0.1) is 0 Å². The van der Waals surface area contributed by atoms with Crippen molar-refractivity contribution in [3.05, 3.63) is 51.1 Å². The van der Waals surface area contributed by atoms with E-state index >= 15 is 0 Å². The molecule has 2 aromatic heterocycles. The van der Waals surface area contributed by atoms with Crippen LogP contribution in [0.2, 0.25) is 0 Å². The van der Waals surface area contributed by atoms with E-state index in [4.69, 9.17) is 0 Å². The SMILES string of the molecule is CC(C)(NS(=O)(=O)c1ccc2[nH]c(=O)[nH]c2c1)c1cccs1. The van der Waals surface area contributed by atoms with Gasteiger partial charge in [-0.05, 0) is 43.5 Å². The van der Waals surface area contributed by atoms with Crippen LogP contribution in [-0.4, -0.2) is 18.4 Å². The number of sulfonamides is 1. The van der Waals surface area contributed by atoms with Crippen molar-refractivity contribution in [2.75, 3.05) is 0 Å². The number of fused-ring (bicyclic) bond motifs is 1. The van der Waals surface area contributed by atoms with Gasteiger partial charge in [0.25, 0.3) is 0 Å². The standard InChI is InChI=1S/C14H15N3O3S2/c1-14(2,12-4-3-7-21-12)17-22(19,20)9-5-6-10-11(8-9)16-13(18)15-10/h3-8,17H,1-2H3,(H2,15,16,18). The average Bonchev–Trinajstić information content (AvgIpc) is 3.04. The Morgan fingerprint density at radius 2 is 1.86 bits per heavy atom. The van der Waals surface area contributed by atoms with E-state index in [1.165, 1.54) is 23.5 Å². The first-order chi connectivity index (χ1) is 10.3. The summed E-state index contributed by atoms with van der Waals surface area (Å²) in [6.07, 6.45) is 0. The van der Waals surface area contributed by atoms with E-state index in [1.807, 2.05) is 31.4 Å². The summed E-state index contributed by atoms with van der Waals surface area (Å²) in [6, 6.07) is 8.26. The van der Waals surface area contributed by atoms with E-state index < -0.39 is 15.6 Å². The third-order valence-electron chi connectivity index (χ3n) is 3.32. The Balaban J connectivity index is 1.99. The number of H-pyrrole nitrogens is 2. The van der Waals surface area contributed by atoms with E-state index in [-0.39, 0.29) is 10.6 Å². The van der Waals surface area contributed by atoms with E-state index in [2.05, 4.69) is 14.7 Å². The second kappa shape index (κ2) is 5.08. The predicted octanol–water partition coefficient (Wildman–Crippen LogP) is 2.13. The summed E-state index contributed by atoms with van der Waals surface area (Å²) in [4.78, 5) is 17.4. The topological polar surface area (TPSA) is 94.8 Å². The molecule has 0 saturated carbocycles. The van der Waals surface area contributed by atoms with Crippen molar-refractivity contribution in [3.63, 3.8) is 0 Å². The molecule has 3 N–H and O–H groups in total. The molecule has 2 heterocycles. The Bertz CT molecular complexity index is 966. The molecule has 0 aliphatic heterocycles. The molecule has 3 rings (SSSR count). The molecular formula is C14H15N3O3S2. The molecule has 0 saturated heterocycles. The van der Waals surface area contributed by atoms with Gasteiger partial charge in [-0.3, -0.25) is 0 Å². The second-order valence-electron chi connectivity index (χ2n) is 5.49. The van der Waals surface area contributed by atoms with Gasteiger partial charge in [0.2, 0.25) is 10.0 Å². The molecule has 0 amide bonds. The molecule has 0 unspecified atom stereocenters. The van der Waals surface area contributed by atoms with Crippen LogP contribution in [0.3, 0.4) is 0 Å². The summed E-state index contributed by atoms with van der Waals surface area (Å²) in [7, 11) is -3.71. The zero-order chi connectivity index (χ0) is 16.0. The molecule has 0 aliphatic rings. The number of aromatic nitrogens is 2. The molecule has 1 aromatic carbocycles. The molecule has 116 valence electrons. The van der Waals surface area contributed by atoms with Crippen LogP contribution in [-0.2, 0) is 15.6 Å². The lowest BCUT2D eigenvalue weighted by Crippen LogP contribution is -2.40. The molecule has 22 heavy (non-hydrogen) atoms. The van der Waals surface area contributed by atoms with Gasteiger partial charge < -0.3 is 9.97 Å². The number of hydrogen-bond donors (Lipinski definition) is 3. The van der Waals surface area contributed by atoms with Crippen LogP contribution >= 0.6 is 11.3 Å². The minimum atomic E-state index is -3.71. The molecule has 0 fully saturated rings. The highest BCUT2D eigenvalue weighted by molar-refractivity contribution is 7.89. The molecule has 8 heteroatoms. The minimum Gasteiger partial charge on any atom is -0.306 e. The highest BCUT2D eigenvalue weighted by Gasteiger charge is 2.29. The lowest BCUT2D eigenvalue weighted by molar-refractivity contribution is 0.480. The maximum Gasteiger partial charge on any atom is 0.323 e. The summed E-state index contributed by atoms with van der Waals surface area (Å²) in [5, 5.41) is 1.90. The molecule has 3 aromatic rings. The molecule has 0 aliphatic carbocycles. The van der Waals surface area contributed by atoms with Crippen LogP contribution in [0.25, 0.3) is 11.0 Å². The molecule has 0 atom stereocenters. The summed E-state index contributed by atoms with van der Waals surface area (Å²) in [5.74, 6) is 0. The van der Waals surface area contributed by atoms with Crippen molar-refractivity contribution in [2.24, 2.45) is 0 Å². The Morgan fingerprint density at radius 3 is 2.55 bits per heavy atom. The third-order valence-corrected chi connectivity index (χ3v) is 6.17. The fraction of sp³-hybridized carbons (Fsp3) is 0.214. The minimum absolute atomic E-state index is 0.111. The van der Waals surface area contributed by atoms with Crippen molar-refractivity contribution >= 4 is 32.4 Å². The van der Waals surface area contributed by atoms with Gasteiger partial charge in [-0.25, -0.2) is 17.9 Å². The summed E-state index contributed by atoms with van der Waals surface area (Å²) >= 11 is 1.49. The number of nitrogens with one attached hydrogen (secondary N) is 3. The van der Waals surface area contributed by atoms with Crippen molar-refractivity contribution in [1.82, 2.24) is 14.7 Å². The zero-order valence-corrected chi connectivity index (χ0v) is 13.6. The lowest BCUT2D eigenvalue weighted by atomic mass is 10.1. The maximum absolute atomic E-state index is 12.6. The highest BCUT2D eigenvalue weighted by Crippen LogP contribution is 2.27. The average molecular weight is 337 g/mol. The fourth-order valence-corrected chi connectivity index (χ4v) is 4.55. The lowest BCUT2D eigenvalue weighted by Gasteiger charge is -2.24. The van der Waals surface area contributed by atoms with Gasteiger partial charge in [-0.15, -0.1) is 11.3 Å². The van der Waals surface area contributed by atoms with Crippen LogP contribution < -0.4 is 10.4 Å². The van der Waals surface area contributed by atoms with Crippen LogP contribution in [0.1, 0.15) is 18.7 Å². The highest BCUT2D eigenvalue weighted by atomic mass is 32.2. The maximum atomic E-state index is 12.6. The van der Waals surface area contributed by atoms with E-state index in [0.29, 0.717) is 11.0 Å². The van der Waals surface area contributed by atoms with E-state index in [0.717, 1.165) is 4.88 Å². The van der Waals surface area contributed by atoms with Crippen LogP contribution in [0.4, 0.5) is 0 Å². The number of imidazole rings is 1. The van der Waals surface area contributed by atoms with Gasteiger partial charge in [0.1, 0.15) is 0 Å². The van der Waals surface area contributed by atoms with E-state index in [1.54, 1.807) is 6.07 Å². The first-order valence-electron chi connectivity index (χ1n) is 6.58. The monoisotopic (exact) mass is 337 g/mol. The van der Waals surface area contributed by atoms with Gasteiger partial charge in [0.15, 0.2) is 0 Å². The van der Waals surface area contributed by atoms with Crippen LogP contribution in [0.15, 0.2) is 45.4 Å². The quantitative estimate of drug-likeness (QED) is 0.680. The number of hydrogen-bond acceptors (Lipinski definition) is 4. The molecule has 0 spiro atoms. The van der Waals surface area contributed by atoms with Gasteiger partial charge in [0.05, 0.1) is 21.5 Å². The normalized spacial score (nSPS) is 12.8. The summed E-state index contributed by atoms with van der Waals surface area (Å²) in [5.41, 5.74) is -0.0484. The second-order valence-corrected chi connectivity index (χ2v) is 8.12. The number of thiophene rings is 1. The molecular weight excluding hydrogens is 322 g/mol. The van der Waals surface area contributed by atoms with Crippen molar-refractivity contribution in [3.8, 4) is 0 Å². The van der Waals surface area contributed by atoms with E-state index in [9.17, 15) is 13.2 Å². The number of rotatable bonds is 4. The van der Waals surface area contributed by atoms with Gasteiger partial charge >= 0.3 is 5.69 Å². The summed E-state index contributed by atoms with van der Waals surface area (Å²) in [6.45, 7) is 3.63. The molecule has 0 radical (unpaired) electrons. The Kier molecular flexibility index (Phi) is 3.47. The van der Waals surface area contributed by atoms with Gasteiger partial charge in [-0.2, -0.15) is 0 Å². The van der Waals surface area contributed by atoms with Gasteiger partial charge in [0, 0.05) is 4.88 Å². The largest absolute Gasteiger partial charge is 0.323 e. The van der Waals surface area contributed by atoms with Crippen LogP contribution in [0.5, 0.6) is 0 Å². The Hall–Kier alpha value is -1.90. The summed E-state index contributed by atoms with van der Waals surface area (Å²) < 4.78 is 27.9. The predicted molar refractivity (Wildman–Crippen MR) is 86.6 cm³/mol.